The molecule has 0 aromatic rings. The summed E-state index contributed by atoms with van der Waals surface area (Å²) in [7, 11) is 2.06. The van der Waals surface area contributed by atoms with E-state index in [4.69, 9.17) is 0 Å². The fourth-order valence-electron chi connectivity index (χ4n) is 3.62. The molecule has 3 heteroatoms. The molecule has 0 radical (unpaired) electrons. The molecule has 0 bridgehead atoms. The first-order valence-electron chi connectivity index (χ1n) is 8.15. The van der Waals surface area contributed by atoms with Gasteiger partial charge in [0.25, 0.3) is 0 Å². The third-order valence-corrected chi connectivity index (χ3v) is 5.10. The van der Waals surface area contributed by atoms with Gasteiger partial charge in [-0.1, -0.05) is 26.2 Å². The van der Waals surface area contributed by atoms with Crippen LogP contribution in [-0.4, -0.2) is 37.0 Å². The molecule has 2 rings (SSSR count). The van der Waals surface area contributed by atoms with E-state index in [0.29, 0.717) is 17.9 Å². The average molecular weight is 266 g/mol. The van der Waals surface area contributed by atoms with Crippen LogP contribution >= 0.6 is 0 Å². The van der Waals surface area contributed by atoms with Gasteiger partial charge in [0.15, 0.2) is 0 Å². The number of likely N-dealkylation sites (tertiary alicyclic amines) is 1. The van der Waals surface area contributed by atoms with Crippen molar-refractivity contribution < 1.29 is 4.79 Å². The number of carbonyl (C=O) groups excluding carboxylic acids is 1. The van der Waals surface area contributed by atoms with Gasteiger partial charge >= 0.3 is 0 Å². The summed E-state index contributed by atoms with van der Waals surface area (Å²) in [4.78, 5) is 14.3. The summed E-state index contributed by atoms with van der Waals surface area (Å²) in [6, 6.07) is 0.498. The summed E-state index contributed by atoms with van der Waals surface area (Å²) < 4.78 is 0. The highest BCUT2D eigenvalue weighted by Crippen LogP contribution is 2.27. The Balaban J connectivity index is 1.90. The quantitative estimate of drug-likeness (QED) is 0.848. The van der Waals surface area contributed by atoms with E-state index in [9.17, 15) is 4.79 Å². The average Bonchev–Trinajstić information content (AvgIpc) is 2.60. The summed E-state index contributed by atoms with van der Waals surface area (Å²) in [6.07, 6.45) is 9.81. The first-order chi connectivity index (χ1) is 9.20. The van der Waals surface area contributed by atoms with Crippen molar-refractivity contribution >= 4 is 5.91 Å². The Kier molecular flexibility index (Phi) is 5.68. The Morgan fingerprint density at radius 3 is 2.63 bits per heavy atom. The summed E-state index contributed by atoms with van der Waals surface area (Å²) in [5, 5.41) is 3.48. The molecular weight excluding hydrogens is 236 g/mol. The third kappa shape index (κ3) is 4.20. The number of nitrogens with one attached hydrogen (secondary N) is 1. The lowest BCUT2D eigenvalue weighted by Crippen LogP contribution is -2.46. The molecule has 1 heterocycles. The van der Waals surface area contributed by atoms with Crippen molar-refractivity contribution in [3.63, 3.8) is 0 Å². The molecule has 2 aliphatic rings. The zero-order valence-corrected chi connectivity index (χ0v) is 12.7. The molecule has 0 spiro atoms. The summed E-state index contributed by atoms with van der Waals surface area (Å²) >= 11 is 0. The van der Waals surface area contributed by atoms with Crippen LogP contribution in [0.1, 0.15) is 58.3 Å². The number of carbonyl (C=O) groups is 1. The minimum atomic E-state index is 0.375. The lowest BCUT2D eigenvalue weighted by molar-refractivity contribution is -0.131. The van der Waals surface area contributed by atoms with Gasteiger partial charge in [-0.05, 0) is 44.6 Å². The van der Waals surface area contributed by atoms with Gasteiger partial charge in [0.2, 0.25) is 5.91 Å². The summed E-state index contributed by atoms with van der Waals surface area (Å²) in [5.74, 6) is 1.85. The normalized spacial score (nSPS) is 28.2. The second kappa shape index (κ2) is 7.28. The molecular formula is C16H30N2O. The molecule has 0 aromatic heterocycles. The van der Waals surface area contributed by atoms with E-state index in [1.54, 1.807) is 0 Å². The van der Waals surface area contributed by atoms with Crippen molar-refractivity contribution in [2.75, 3.05) is 20.1 Å². The largest absolute Gasteiger partial charge is 0.341 e. The van der Waals surface area contributed by atoms with Crippen molar-refractivity contribution in [2.45, 2.75) is 64.3 Å². The maximum Gasteiger partial charge on any atom is 0.222 e. The van der Waals surface area contributed by atoms with Gasteiger partial charge in [-0.3, -0.25) is 4.79 Å². The van der Waals surface area contributed by atoms with Gasteiger partial charge in [0.05, 0.1) is 0 Å². The minimum absolute atomic E-state index is 0.375. The van der Waals surface area contributed by atoms with Crippen molar-refractivity contribution in [3.8, 4) is 0 Å². The van der Waals surface area contributed by atoms with Crippen LogP contribution in [0.4, 0.5) is 0 Å². The fourth-order valence-corrected chi connectivity index (χ4v) is 3.62. The molecule has 1 N–H and O–H groups in total. The molecule has 2 atom stereocenters. The second-order valence-electron chi connectivity index (χ2n) is 6.57. The lowest BCUT2D eigenvalue weighted by Gasteiger charge is -2.34. The van der Waals surface area contributed by atoms with E-state index in [1.807, 2.05) is 0 Å². The Morgan fingerprint density at radius 1 is 1.21 bits per heavy atom. The summed E-state index contributed by atoms with van der Waals surface area (Å²) in [6.45, 7) is 4.16. The van der Waals surface area contributed by atoms with Crippen LogP contribution in [-0.2, 0) is 4.79 Å². The highest BCUT2D eigenvalue weighted by atomic mass is 16.2. The number of rotatable bonds is 4. The van der Waals surface area contributed by atoms with Crippen molar-refractivity contribution in [2.24, 2.45) is 11.8 Å². The monoisotopic (exact) mass is 266 g/mol. The molecule has 2 fully saturated rings. The molecule has 1 saturated heterocycles. The van der Waals surface area contributed by atoms with Crippen LogP contribution in [0.25, 0.3) is 0 Å². The Bertz CT molecular complexity index is 286. The number of likely N-dealkylation sites (N-methyl/N-ethyl adjacent to an activating group) is 1. The van der Waals surface area contributed by atoms with E-state index in [-0.39, 0.29) is 0 Å². The van der Waals surface area contributed by atoms with E-state index in [0.717, 1.165) is 31.8 Å². The van der Waals surface area contributed by atoms with Gasteiger partial charge in [0.1, 0.15) is 0 Å². The van der Waals surface area contributed by atoms with Gasteiger partial charge in [-0.15, -0.1) is 0 Å². The smallest absolute Gasteiger partial charge is 0.222 e. The zero-order chi connectivity index (χ0) is 13.7. The molecule has 1 amide bonds. The van der Waals surface area contributed by atoms with Gasteiger partial charge in [-0.2, -0.15) is 0 Å². The van der Waals surface area contributed by atoms with Crippen LogP contribution in [0.2, 0.25) is 0 Å². The molecule has 1 saturated carbocycles. The standard InChI is InChI=1S/C16H30N2O/c1-13-8-9-16(19)18(11-10-13)12-15(17-2)14-6-4-3-5-7-14/h13-15,17H,3-12H2,1-2H3. The Labute approximate surface area is 118 Å². The predicted molar refractivity (Wildman–Crippen MR) is 79.0 cm³/mol. The van der Waals surface area contributed by atoms with E-state index >= 15 is 0 Å². The van der Waals surface area contributed by atoms with E-state index in [1.165, 1.54) is 38.5 Å². The highest BCUT2D eigenvalue weighted by molar-refractivity contribution is 5.76. The van der Waals surface area contributed by atoms with Gasteiger partial charge < -0.3 is 10.2 Å². The zero-order valence-electron chi connectivity index (χ0n) is 12.7. The summed E-state index contributed by atoms with van der Waals surface area (Å²) in [5.41, 5.74) is 0. The molecule has 1 aliphatic carbocycles. The second-order valence-corrected chi connectivity index (χ2v) is 6.57. The number of amides is 1. The van der Waals surface area contributed by atoms with Crippen molar-refractivity contribution in [1.29, 1.82) is 0 Å². The van der Waals surface area contributed by atoms with Crippen molar-refractivity contribution in [1.82, 2.24) is 10.2 Å². The molecule has 1 aliphatic heterocycles. The number of nitrogens with zero attached hydrogens (tertiary/aromatic N) is 1. The Morgan fingerprint density at radius 2 is 1.95 bits per heavy atom. The Hall–Kier alpha value is -0.570. The van der Waals surface area contributed by atoms with Gasteiger partial charge in [0, 0.05) is 25.6 Å². The van der Waals surface area contributed by atoms with Crippen molar-refractivity contribution in [3.05, 3.63) is 0 Å². The van der Waals surface area contributed by atoms with Crippen LogP contribution in [0.5, 0.6) is 0 Å². The lowest BCUT2D eigenvalue weighted by atomic mass is 9.83. The van der Waals surface area contributed by atoms with E-state index in [2.05, 4.69) is 24.2 Å². The van der Waals surface area contributed by atoms with Crippen LogP contribution in [0, 0.1) is 11.8 Å². The fraction of sp³-hybridized carbons (Fsp3) is 0.938. The SMILES string of the molecule is CNC(CN1CCC(C)CCC1=O)C1CCCCC1. The third-order valence-electron chi connectivity index (χ3n) is 5.10. The first kappa shape index (κ1) is 14.8. The van der Waals surface area contributed by atoms with E-state index < -0.39 is 0 Å². The molecule has 3 nitrogen and oxygen atoms in total. The maximum atomic E-state index is 12.2. The van der Waals surface area contributed by atoms with Crippen LogP contribution in [0.15, 0.2) is 0 Å². The molecule has 2 unspecified atom stereocenters. The topological polar surface area (TPSA) is 32.3 Å². The van der Waals surface area contributed by atoms with Gasteiger partial charge in [-0.25, -0.2) is 0 Å². The number of hydrogen-bond donors (Lipinski definition) is 1. The maximum absolute atomic E-state index is 12.2. The minimum Gasteiger partial charge on any atom is -0.341 e. The number of hydrogen-bond acceptors (Lipinski definition) is 2. The predicted octanol–water partition coefficient (Wildman–Crippen LogP) is 2.80. The first-order valence-corrected chi connectivity index (χ1v) is 8.15. The molecule has 110 valence electrons. The van der Waals surface area contributed by atoms with Crippen LogP contribution in [0.3, 0.4) is 0 Å². The van der Waals surface area contributed by atoms with Crippen LogP contribution < -0.4 is 5.32 Å². The molecule has 19 heavy (non-hydrogen) atoms. The highest BCUT2D eigenvalue weighted by Gasteiger charge is 2.27. The molecule has 0 aromatic carbocycles.